The molecule has 0 amide bonds. The van der Waals surface area contributed by atoms with Crippen LogP contribution in [0.1, 0.15) is 0 Å². The average molecular weight is 330 g/mol. The summed E-state index contributed by atoms with van der Waals surface area (Å²) in [5.74, 6) is 0.839. The van der Waals surface area contributed by atoms with Crippen molar-refractivity contribution < 1.29 is 4.74 Å². The fourth-order valence-corrected chi connectivity index (χ4v) is 3.44. The molecule has 0 fully saturated rings. The molecule has 0 aliphatic carbocycles. The zero-order valence-electron chi connectivity index (χ0n) is 11.8. The molecule has 0 atom stereocenters. The van der Waals surface area contributed by atoms with Crippen LogP contribution in [-0.2, 0) is 0 Å². The van der Waals surface area contributed by atoms with Gasteiger partial charge < -0.3 is 16.2 Å². The first-order chi connectivity index (χ1) is 10.7. The molecular weight excluding hydrogens is 316 g/mol. The number of benzene rings is 2. The van der Waals surface area contributed by atoms with Gasteiger partial charge in [-0.2, -0.15) is 0 Å². The first kappa shape index (κ1) is 14.6. The van der Waals surface area contributed by atoms with Gasteiger partial charge in [-0.05, 0) is 30.3 Å². The van der Waals surface area contributed by atoms with Crippen molar-refractivity contribution in [3.63, 3.8) is 0 Å². The Bertz CT molecular complexity index is 883. The lowest BCUT2D eigenvalue weighted by Crippen LogP contribution is -1.81. The van der Waals surface area contributed by atoms with E-state index >= 15 is 0 Å². The predicted molar refractivity (Wildman–Crippen MR) is 94.6 cm³/mol. The van der Waals surface area contributed by atoms with E-state index in [9.17, 15) is 0 Å². The maximum absolute atomic E-state index is 5.55. The smallest absolute Gasteiger partial charge is 0.181 e. The van der Waals surface area contributed by atoms with Gasteiger partial charge in [0.1, 0.15) is 5.75 Å². The number of hydrogen-bond donors (Lipinski definition) is 2. The first-order valence-electron chi connectivity index (χ1n) is 6.47. The standard InChI is InChI=1S/C8H8N2OS.C7H6N2S/c1-11-5-2-3-6-7(4-5)12-8(9)10-6;8-7-9-5-3-1-2-4-6(5)10-7/h2-4H,1H3,(H2,9,10);1-4H,(H2,8,9). The molecule has 5 nitrogen and oxygen atoms in total. The molecule has 0 unspecified atom stereocenters. The topological polar surface area (TPSA) is 87.0 Å². The molecule has 22 heavy (non-hydrogen) atoms. The van der Waals surface area contributed by atoms with E-state index in [0.29, 0.717) is 10.3 Å². The number of methoxy groups -OCH3 is 1. The number of nitrogens with two attached hydrogens (primary N) is 2. The first-order valence-corrected chi connectivity index (χ1v) is 8.10. The molecular formula is C15H14N4OS2. The summed E-state index contributed by atoms with van der Waals surface area (Å²) in [5, 5.41) is 1.24. The number of rotatable bonds is 1. The van der Waals surface area contributed by atoms with Gasteiger partial charge in [-0.25, -0.2) is 9.97 Å². The highest BCUT2D eigenvalue weighted by Crippen LogP contribution is 2.27. The van der Waals surface area contributed by atoms with Crippen molar-refractivity contribution in [2.75, 3.05) is 18.6 Å². The zero-order chi connectivity index (χ0) is 15.5. The second-order valence-electron chi connectivity index (χ2n) is 4.41. The minimum atomic E-state index is 0.596. The Morgan fingerprint density at radius 1 is 0.864 bits per heavy atom. The summed E-state index contributed by atoms with van der Waals surface area (Å²) < 4.78 is 7.28. The van der Waals surface area contributed by atoms with Crippen molar-refractivity contribution in [2.24, 2.45) is 0 Å². The van der Waals surface area contributed by atoms with E-state index in [2.05, 4.69) is 9.97 Å². The largest absolute Gasteiger partial charge is 0.497 e. The minimum Gasteiger partial charge on any atom is -0.497 e. The number of hydrogen-bond acceptors (Lipinski definition) is 7. The van der Waals surface area contributed by atoms with E-state index in [1.54, 1.807) is 7.11 Å². The molecule has 0 radical (unpaired) electrons. The van der Waals surface area contributed by atoms with Crippen LogP contribution < -0.4 is 16.2 Å². The number of ether oxygens (including phenoxy) is 1. The van der Waals surface area contributed by atoms with E-state index in [-0.39, 0.29) is 0 Å². The molecule has 112 valence electrons. The third kappa shape index (κ3) is 3.10. The molecule has 2 aromatic heterocycles. The van der Waals surface area contributed by atoms with Crippen LogP contribution in [-0.4, -0.2) is 17.1 Å². The lowest BCUT2D eigenvalue weighted by molar-refractivity contribution is 0.415. The molecule has 0 bridgehead atoms. The van der Waals surface area contributed by atoms with Crippen LogP contribution in [0, 0.1) is 0 Å². The number of fused-ring (bicyclic) bond motifs is 2. The number of para-hydroxylation sites is 1. The normalized spacial score (nSPS) is 10.4. The summed E-state index contributed by atoms with van der Waals surface area (Å²) in [6.45, 7) is 0. The molecule has 4 rings (SSSR count). The van der Waals surface area contributed by atoms with Gasteiger partial charge in [-0.3, -0.25) is 0 Å². The van der Waals surface area contributed by atoms with Gasteiger partial charge in [0.15, 0.2) is 10.3 Å². The highest BCUT2D eigenvalue weighted by atomic mass is 32.1. The third-order valence-corrected chi connectivity index (χ3v) is 4.64. The van der Waals surface area contributed by atoms with Crippen molar-refractivity contribution in [1.29, 1.82) is 0 Å². The van der Waals surface area contributed by atoms with Crippen molar-refractivity contribution in [3.8, 4) is 5.75 Å². The Morgan fingerprint density at radius 2 is 1.50 bits per heavy atom. The zero-order valence-corrected chi connectivity index (χ0v) is 13.4. The summed E-state index contributed by atoms with van der Waals surface area (Å²) in [4.78, 5) is 8.24. The monoisotopic (exact) mass is 330 g/mol. The molecule has 0 aliphatic rings. The lowest BCUT2D eigenvalue weighted by atomic mass is 10.3. The van der Waals surface area contributed by atoms with Crippen LogP contribution in [0.15, 0.2) is 42.5 Å². The van der Waals surface area contributed by atoms with E-state index in [1.807, 2.05) is 42.5 Å². The highest BCUT2D eigenvalue weighted by Gasteiger charge is 2.01. The van der Waals surface area contributed by atoms with Gasteiger partial charge in [0.05, 0.1) is 27.5 Å². The number of nitrogen functional groups attached to an aromatic ring is 2. The van der Waals surface area contributed by atoms with Crippen molar-refractivity contribution in [3.05, 3.63) is 42.5 Å². The molecule has 0 saturated heterocycles. The summed E-state index contributed by atoms with van der Waals surface area (Å²) >= 11 is 2.99. The Kier molecular flexibility index (Phi) is 4.08. The number of anilines is 2. The van der Waals surface area contributed by atoms with E-state index in [1.165, 1.54) is 22.7 Å². The Hall–Kier alpha value is -2.38. The van der Waals surface area contributed by atoms with Crippen molar-refractivity contribution >= 4 is 53.4 Å². The van der Waals surface area contributed by atoms with Gasteiger partial charge in [0, 0.05) is 0 Å². The van der Waals surface area contributed by atoms with E-state index in [0.717, 1.165) is 26.2 Å². The molecule has 0 saturated carbocycles. The molecule has 4 N–H and O–H groups in total. The number of thiazole rings is 2. The Morgan fingerprint density at radius 3 is 2.18 bits per heavy atom. The molecule has 2 heterocycles. The fraction of sp³-hybridized carbons (Fsp3) is 0.0667. The average Bonchev–Trinajstić information content (AvgIpc) is 3.07. The molecule has 4 aromatic rings. The van der Waals surface area contributed by atoms with Gasteiger partial charge in [0.2, 0.25) is 0 Å². The van der Waals surface area contributed by atoms with Gasteiger partial charge in [-0.15, -0.1) is 0 Å². The van der Waals surface area contributed by atoms with Crippen LogP contribution in [0.3, 0.4) is 0 Å². The van der Waals surface area contributed by atoms with Gasteiger partial charge in [0.25, 0.3) is 0 Å². The summed E-state index contributed by atoms with van der Waals surface area (Å²) in [6.07, 6.45) is 0. The second-order valence-corrected chi connectivity index (χ2v) is 6.53. The minimum absolute atomic E-state index is 0.596. The Labute approximate surface area is 135 Å². The predicted octanol–water partition coefficient (Wildman–Crippen LogP) is 3.77. The summed E-state index contributed by atoms with van der Waals surface area (Å²) in [7, 11) is 1.64. The summed E-state index contributed by atoms with van der Waals surface area (Å²) in [5.41, 5.74) is 13.0. The number of aromatic nitrogens is 2. The molecule has 2 aromatic carbocycles. The highest BCUT2D eigenvalue weighted by molar-refractivity contribution is 7.22. The molecule has 0 spiro atoms. The second kappa shape index (κ2) is 6.17. The van der Waals surface area contributed by atoms with Crippen LogP contribution in [0.5, 0.6) is 5.75 Å². The van der Waals surface area contributed by atoms with Crippen molar-refractivity contribution in [2.45, 2.75) is 0 Å². The van der Waals surface area contributed by atoms with Gasteiger partial charge in [-0.1, -0.05) is 34.8 Å². The van der Waals surface area contributed by atoms with Crippen LogP contribution in [0.2, 0.25) is 0 Å². The molecule has 0 aliphatic heterocycles. The maximum Gasteiger partial charge on any atom is 0.181 e. The van der Waals surface area contributed by atoms with Crippen LogP contribution >= 0.6 is 22.7 Å². The van der Waals surface area contributed by atoms with Gasteiger partial charge >= 0.3 is 0 Å². The van der Waals surface area contributed by atoms with Crippen molar-refractivity contribution in [1.82, 2.24) is 9.97 Å². The molecule has 7 heteroatoms. The maximum atomic E-state index is 5.55. The van der Waals surface area contributed by atoms with Crippen LogP contribution in [0.25, 0.3) is 20.4 Å². The quantitative estimate of drug-likeness (QED) is 0.555. The SMILES string of the molecule is COc1ccc2nc(N)sc2c1.Nc1nc2ccccc2s1. The number of nitrogens with zero attached hydrogens (tertiary/aromatic N) is 2. The third-order valence-electron chi connectivity index (χ3n) is 2.92. The van der Waals surface area contributed by atoms with E-state index < -0.39 is 0 Å². The van der Waals surface area contributed by atoms with E-state index in [4.69, 9.17) is 16.2 Å². The van der Waals surface area contributed by atoms with Crippen LogP contribution in [0.4, 0.5) is 10.3 Å². The fourth-order valence-electron chi connectivity index (χ4n) is 1.94. The lowest BCUT2D eigenvalue weighted by Gasteiger charge is -1.96. The Balaban J connectivity index is 0.000000133. The summed E-state index contributed by atoms with van der Waals surface area (Å²) in [6, 6.07) is 13.6.